The molecule has 128 valence electrons. The third-order valence-electron chi connectivity index (χ3n) is 4.12. The van der Waals surface area contributed by atoms with Gasteiger partial charge in [0.05, 0.1) is 12.7 Å². The number of methoxy groups -OCH3 is 1. The van der Waals surface area contributed by atoms with Crippen LogP contribution in [0.1, 0.15) is 31.0 Å². The highest BCUT2D eigenvalue weighted by molar-refractivity contribution is 5.70. The molecule has 0 radical (unpaired) electrons. The largest absolute Gasteiger partial charge is 0.468 e. The summed E-state index contributed by atoms with van der Waals surface area (Å²) in [6.45, 7) is 7.18. The molecule has 1 aromatic heterocycles. The van der Waals surface area contributed by atoms with Gasteiger partial charge in [-0.15, -0.1) is 0 Å². The molecular formula is C18H22N2O4. The van der Waals surface area contributed by atoms with Crippen LogP contribution in [0.3, 0.4) is 0 Å². The molecule has 6 nitrogen and oxygen atoms in total. The van der Waals surface area contributed by atoms with Crippen molar-refractivity contribution in [2.75, 3.05) is 7.11 Å². The smallest absolute Gasteiger partial charge is 0.331 e. The van der Waals surface area contributed by atoms with E-state index in [0.717, 1.165) is 16.7 Å². The zero-order valence-corrected chi connectivity index (χ0v) is 14.6. The number of carbonyl (C=O) groups is 1. The first-order chi connectivity index (χ1) is 11.3. The van der Waals surface area contributed by atoms with Gasteiger partial charge in [0.1, 0.15) is 6.54 Å². The highest BCUT2D eigenvalue weighted by atomic mass is 16.5. The zero-order valence-electron chi connectivity index (χ0n) is 14.6. The number of hydrogen-bond donors (Lipinski definition) is 0. The van der Waals surface area contributed by atoms with E-state index >= 15 is 0 Å². The SMILES string of the molecule is COC(=O)Cn1cc(-c2cccc(C)c2C)c(=O)n(C(C)C)c1=O. The molecule has 2 rings (SSSR count). The van der Waals surface area contributed by atoms with Crippen molar-refractivity contribution in [3.05, 3.63) is 56.4 Å². The molecular weight excluding hydrogens is 308 g/mol. The molecule has 0 amide bonds. The van der Waals surface area contributed by atoms with E-state index in [1.807, 2.05) is 32.0 Å². The molecule has 0 saturated heterocycles. The van der Waals surface area contributed by atoms with Gasteiger partial charge in [0.15, 0.2) is 0 Å². The molecule has 0 atom stereocenters. The van der Waals surface area contributed by atoms with Crippen LogP contribution < -0.4 is 11.2 Å². The van der Waals surface area contributed by atoms with Crippen LogP contribution in [0.2, 0.25) is 0 Å². The van der Waals surface area contributed by atoms with Crippen LogP contribution in [0.4, 0.5) is 0 Å². The number of esters is 1. The Balaban J connectivity index is 2.81. The van der Waals surface area contributed by atoms with Crippen molar-refractivity contribution in [1.29, 1.82) is 0 Å². The van der Waals surface area contributed by atoms with Crippen LogP contribution >= 0.6 is 0 Å². The number of aromatic nitrogens is 2. The van der Waals surface area contributed by atoms with Crippen LogP contribution in [-0.4, -0.2) is 22.2 Å². The van der Waals surface area contributed by atoms with Crippen LogP contribution in [0, 0.1) is 13.8 Å². The van der Waals surface area contributed by atoms with E-state index in [4.69, 9.17) is 0 Å². The van der Waals surface area contributed by atoms with Crippen molar-refractivity contribution in [3.8, 4) is 11.1 Å². The predicted octanol–water partition coefficient (Wildman–Crippen LogP) is 2.05. The lowest BCUT2D eigenvalue weighted by atomic mass is 9.99. The molecule has 24 heavy (non-hydrogen) atoms. The van der Waals surface area contributed by atoms with Gasteiger partial charge in [0, 0.05) is 12.2 Å². The van der Waals surface area contributed by atoms with Gasteiger partial charge in [-0.2, -0.15) is 0 Å². The number of rotatable bonds is 4. The highest BCUT2D eigenvalue weighted by Gasteiger charge is 2.18. The Morgan fingerprint density at radius 1 is 1.17 bits per heavy atom. The first-order valence-electron chi connectivity index (χ1n) is 7.77. The number of hydrogen-bond acceptors (Lipinski definition) is 4. The van der Waals surface area contributed by atoms with Gasteiger partial charge in [0.25, 0.3) is 5.56 Å². The number of benzene rings is 1. The Kier molecular flexibility index (Phi) is 5.07. The van der Waals surface area contributed by atoms with Crippen LogP contribution in [0.15, 0.2) is 34.0 Å². The normalized spacial score (nSPS) is 10.9. The molecule has 2 aromatic rings. The molecule has 1 aromatic carbocycles. The minimum absolute atomic E-state index is 0.236. The van der Waals surface area contributed by atoms with Gasteiger partial charge >= 0.3 is 11.7 Å². The Bertz CT molecular complexity index is 891. The molecule has 0 spiro atoms. The van der Waals surface area contributed by atoms with Crippen LogP contribution in [0.5, 0.6) is 0 Å². The second-order valence-corrected chi connectivity index (χ2v) is 6.05. The minimum atomic E-state index is -0.544. The van der Waals surface area contributed by atoms with E-state index < -0.39 is 11.7 Å². The van der Waals surface area contributed by atoms with Crippen molar-refractivity contribution in [2.45, 2.75) is 40.3 Å². The maximum atomic E-state index is 12.8. The summed E-state index contributed by atoms with van der Waals surface area (Å²) in [5.74, 6) is -0.544. The summed E-state index contributed by atoms with van der Waals surface area (Å²) in [4.78, 5) is 37.0. The van der Waals surface area contributed by atoms with Crippen molar-refractivity contribution in [1.82, 2.24) is 9.13 Å². The van der Waals surface area contributed by atoms with Crippen molar-refractivity contribution < 1.29 is 9.53 Å². The summed E-state index contributed by atoms with van der Waals surface area (Å²) in [5.41, 5.74) is 2.29. The summed E-state index contributed by atoms with van der Waals surface area (Å²) in [7, 11) is 1.26. The zero-order chi connectivity index (χ0) is 18.0. The average molecular weight is 330 g/mol. The van der Waals surface area contributed by atoms with Crippen LogP contribution in [-0.2, 0) is 16.1 Å². The van der Waals surface area contributed by atoms with Crippen molar-refractivity contribution in [2.24, 2.45) is 0 Å². The Hall–Kier alpha value is -2.63. The number of carbonyl (C=O) groups excluding carboxylic acids is 1. The number of nitrogens with zero attached hydrogens (tertiary/aromatic N) is 2. The fraction of sp³-hybridized carbons (Fsp3) is 0.389. The van der Waals surface area contributed by atoms with E-state index in [9.17, 15) is 14.4 Å². The van der Waals surface area contributed by atoms with Gasteiger partial charge in [-0.25, -0.2) is 4.79 Å². The fourth-order valence-electron chi connectivity index (χ4n) is 2.62. The summed E-state index contributed by atoms with van der Waals surface area (Å²) in [6.07, 6.45) is 1.45. The third-order valence-corrected chi connectivity index (χ3v) is 4.12. The molecule has 0 aliphatic heterocycles. The Labute approximate surface area is 140 Å². The monoisotopic (exact) mass is 330 g/mol. The van der Waals surface area contributed by atoms with Gasteiger partial charge < -0.3 is 4.74 Å². The summed E-state index contributed by atoms with van der Waals surface area (Å²) < 4.78 is 7.04. The molecule has 0 aliphatic rings. The van der Waals surface area contributed by atoms with E-state index in [1.54, 1.807) is 13.8 Å². The Morgan fingerprint density at radius 3 is 2.42 bits per heavy atom. The number of aryl methyl sites for hydroxylation is 1. The van der Waals surface area contributed by atoms with Gasteiger partial charge in [0.2, 0.25) is 0 Å². The van der Waals surface area contributed by atoms with Gasteiger partial charge in [-0.3, -0.25) is 18.7 Å². The molecule has 0 unspecified atom stereocenters. The molecule has 1 heterocycles. The molecule has 0 N–H and O–H groups in total. The second kappa shape index (κ2) is 6.86. The lowest BCUT2D eigenvalue weighted by Gasteiger charge is -2.16. The molecule has 6 heteroatoms. The minimum Gasteiger partial charge on any atom is -0.468 e. The predicted molar refractivity (Wildman–Crippen MR) is 92.3 cm³/mol. The third kappa shape index (κ3) is 3.18. The lowest BCUT2D eigenvalue weighted by Crippen LogP contribution is -2.42. The molecule has 0 saturated carbocycles. The first kappa shape index (κ1) is 17.7. The van der Waals surface area contributed by atoms with E-state index in [2.05, 4.69) is 4.74 Å². The lowest BCUT2D eigenvalue weighted by molar-refractivity contribution is -0.141. The van der Waals surface area contributed by atoms with E-state index in [0.29, 0.717) is 5.56 Å². The standard InChI is InChI=1S/C18H22N2O4/c1-11(2)20-17(22)15(14-8-6-7-12(3)13(14)4)9-19(18(20)23)10-16(21)24-5/h6-9,11H,10H2,1-5H3. The summed E-state index contributed by atoms with van der Waals surface area (Å²) in [5, 5.41) is 0. The average Bonchev–Trinajstić information content (AvgIpc) is 2.52. The fourth-order valence-corrected chi connectivity index (χ4v) is 2.62. The quantitative estimate of drug-likeness (QED) is 0.805. The van der Waals surface area contributed by atoms with Crippen molar-refractivity contribution in [3.63, 3.8) is 0 Å². The summed E-state index contributed by atoms with van der Waals surface area (Å²) >= 11 is 0. The maximum absolute atomic E-state index is 12.8. The van der Waals surface area contributed by atoms with E-state index in [-0.39, 0.29) is 18.1 Å². The van der Waals surface area contributed by atoms with Crippen molar-refractivity contribution >= 4 is 5.97 Å². The highest BCUT2D eigenvalue weighted by Crippen LogP contribution is 2.22. The van der Waals surface area contributed by atoms with Gasteiger partial charge in [-0.05, 0) is 44.4 Å². The number of ether oxygens (including phenoxy) is 1. The molecule has 0 fully saturated rings. The molecule has 0 bridgehead atoms. The summed E-state index contributed by atoms with van der Waals surface area (Å²) in [6, 6.07) is 5.35. The maximum Gasteiger partial charge on any atom is 0.331 e. The molecule has 0 aliphatic carbocycles. The second-order valence-electron chi connectivity index (χ2n) is 6.05. The first-order valence-corrected chi connectivity index (χ1v) is 7.77. The van der Waals surface area contributed by atoms with Gasteiger partial charge in [-0.1, -0.05) is 18.2 Å². The topological polar surface area (TPSA) is 70.3 Å². The van der Waals surface area contributed by atoms with E-state index in [1.165, 1.54) is 22.4 Å². The van der Waals surface area contributed by atoms with Crippen LogP contribution in [0.25, 0.3) is 11.1 Å². The Morgan fingerprint density at radius 2 is 1.83 bits per heavy atom.